The van der Waals surface area contributed by atoms with Gasteiger partial charge in [-0.25, -0.2) is 0 Å². The predicted octanol–water partition coefficient (Wildman–Crippen LogP) is 12.4. The van der Waals surface area contributed by atoms with Gasteiger partial charge in [-0.05, 0) is 82.0 Å². The molecule has 48 heavy (non-hydrogen) atoms. The fourth-order valence-corrected chi connectivity index (χ4v) is 7.15. The lowest BCUT2D eigenvalue weighted by Gasteiger charge is -2.12. The molecule has 2 heteroatoms. The van der Waals surface area contributed by atoms with Crippen molar-refractivity contribution in [3.05, 3.63) is 182 Å². The van der Waals surface area contributed by atoms with Crippen LogP contribution in [0.2, 0.25) is 0 Å². The smallest absolute Gasteiger partial charge is 0.0645 e. The van der Waals surface area contributed by atoms with Gasteiger partial charge in [-0.2, -0.15) is 0 Å². The fourth-order valence-electron chi connectivity index (χ4n) is 7.15. The Balaban J connectivity index is 1.31. The highest BCUT2D eigenvalue weighted by molar-refractivity contribution is 6.15. The molecule has 0 saturated carbocycles. The van der Waals surface area contributed by atoms with E-state index < -0.39 is 12.1 Å². The normalized spacial score (nSPS) is 13.8. The van der Waals surface area contributed by atoms with E-state index in [9.17, 15) is 4.11 Å². The number of nitrogens with zero attached hydrogens (tertiary/aromatic N) is 2. The van der Waals surface area contributed by atoms with Gasteiger partial charge < -0.3 is 9.13 Å². The Morgan fingerprint density at radius 2 is 1.17 bits per heavy atom. The van der Waals surface area contributed by atoms with E-state index in [1.165, 1.54) is 0 Å². The van der Waals surface area contributed by atoms with Crippen LogP contribution in [0.15, 0.2) is 182 Å². The highest BCUT2D eigenvalue weighted by Gasteiger charge is 2.18. The molecule has 0 N–H and O–H groups in total. The van der Waals surface area contributed by atoms with Gasteiger partial charge >= 0.3 is 0 Å². The van der Waals surface area contributed by atoms with E-state index in [0.717, 1.165) is 49.4 Å². The topological polar surface area (TPSA) is 9.86 Å². The van der Waals surface area contributed by atoms with Gasteiger partial charge in [0.05, 0.1) is 31.7 Å². The molecule has 10 rings (SSSR count). The molecular weight excluding hydrogens is 581 g/mol. The van der Waals surface area contributed by atoms with E-state index in [4.69, 9.17) is 5.48 Å². The molecule has 224 valence electrons. The second-order valence-corrected chi connectivity index (χ2v) is 12.0. The number of rotatable bonds is 4. The summed E-state index contributed by atoms with van der Waals surface area (Å²) in [6, 6.07) is 44.3. The number of hydrogen-bond donors (Lipinski definition) is 0. The van der Waals surface area contributed by atoms with Gasteiger partial charge in [-0.1, -0.05) is 127 Å². The molecule has 0 radical (unpaired) electrons. The zero-order chi connectivity index (χ0) is 37.7. The highest BCUT2D eigenvalue weighted by Crippen LogP contribution is 2.41. The minimum Gasteiger partial charge on any atom is -0.309 e. The number of benzene rings is 8. The summed E-state index contributed by atoms with van der Waals surface area (Å²) >= 11 is 0. The second kappa shape index (κ2) is 10.6. The molecular formula is C46H30N2. The molecule has 8 aromatic carbocycles. The van der Waals surface area contributed by atoms with Gasteiger partial charge in [-0.15, -0.1) is 0 Å². The first-order chi connectivity index (χ1) is 26.7. The lowest BCUT2D eigenvalue weighted by Crippen LogP contribution is -1.95. The van der Waals surface area contributed by atoms with E-state index >= 15 is 0 Å². The van der Waals surface area contributed by atoms with Crippen molar-refractivity contribution < 1.29 is 9.60 Å². The Morgan fingerprint density at radius 1 is 0.396 bits per heavy atom. The van der Waals surface area contributed by atoms with Crippen molar-refractivity contribution >= 4 is 54.4 Å². The molecule has 0 spiro atoms. The van der Waals surface area contributed by atoms with Crippen LogP contribution in [0.1, 0.15) is 9.60 Å². The van der Waals surface area contributed by atoms with Crippen LogP contribution in [0.25, 0.3) is 88.0 Å². The van der Waals surface area contributed by atoms with Crippen LogP contribution in [0.4, 0.5) is 0 Å². The van der Waals surface area contributed by atoms with Crippen molar-refractivity contribution in [1.29, 1.82) is 0 Å². The van der Waals surface area contributed by atoms with Crippen molar-refractivity contribution in [3.63, 3.8) is 0 Å². The van der Waals surface area contributed by atoms with Gasteiger partial charge in [0, 0.05) is 38.5 Å². The molecule has 0 aliphatic carbocycles. The van der Waals surface area contributed by atoms with Crippen LogP contribution >= 0.6 is 0 Å². The third-order valence-corrected chi connectivity index (χ3v) is 9.32. The maximum Gasteiger partial charge on any atom is 0.0645 e. The second-order valence-electron chi connectivity index (χ2n) is 12.0. The van der Waals surface area contributed by atoms with Gasteiger partial charge in [0.1, 0.15) is 0 Å². The van der Waals surface area contributed by atoms with Crippen molar-refractivity contribution in [3.8, 4) is 33.6 Å². The molecule has 0 atom stereocenters. The lowest BCUT2D eigenvalue weighted by molar-refractivity contribution is 1.18. The molecule has 2 heterocycles. The molecule has 10 aromatic rings. The lowest BCUT2D eigenvalue weighted by atomic mass is 9.99. The van der Waals surface area contributed by atoms with Crippen molar-refractivity contribution in [2.75, 3.05) is 0 Å². The van der Waals surface area contributed by atoms with Crippen LogP contribution in [-0.2, 0) is 0 Å². The van der Waals surface area contributed by atoms with E-state index in [1.807, 2.05) is 103 Å². The molecule has 0 aliphatic rings. The number of fused-ring (bicyclic) bond motifs is 7. The van der Waals surface area contributed by atoms with Crippen LogP contribution in [0.5, 0.6) is 0 Å². The zero-order valence-electron chi connectivity index (χ0n) is 32.7. The van der Waals surface area contributed by atoms with Crippen LogP contribution in [0.3, 0.4) is 0 Å². The van der Waals surface area contributed by atoms with Gasteiger partial charge in [-0.3, -0.25) is 0 Å². The third kappa shape index (κ3) is 4.06. The number of aromatic nitrogens is 2. The van der Waals surface area contributed by atoms with Crippen molar-refractivity contribution in [1.82, 2.24) is 9.13 Å². The molecule has 0 unspecified atom stereocenters. The van der Waals surface area contributed by atoms with Crippen LogP contribution in [0, 0.1) is 0 Å². The maximum atomic E-state index is 9.78. The van der Waals surface area contributed by atoms with E-state index in [1.54, 1.807) is 4.57 Å². The predicted molar refractivity (Wildman–Crippen MR) is 203 cm³/mol. The fraction of sp³-hybridized carbons (Fsp3) is 0. The Hall–Kier alpha value is -6.38. The van der Waals surface area contributed by atoms with Crippen molar-refractivity contribution in [2.45, 2.75) is 0 Å². The highest BCUT2D eigenvalue weighted by atomic mass is 15.0. The summed E-state index contributed by atoms with van der Waals surface area (Å²) in [7, 11) is 0. The standard InChI is InChI=1S/C46H30N2/c1-3-13-32(14-4-1)38-19-11-20-40-42-30-35(24-27-45(42)48(46(38)40)36-16-5-2-6-17-36)34-23-26-44-41(29-34)39-18-9-10-21-43(39)47(44)37-25-22-31-12-7-8-15-33(31)28-37/h1-30H/i9D,10D,18D,21D,23D,26D,29D. The Kier molecular flexibility index (Phi) is 4.56. The van der Waals surface area contributed by atoms with Crippen LogP contribution < -0.4 is 0 Å². The first-order valence-electron chi connectivity index (χ1n) is 19.5. The monoisotopic (exact) mass is 617 g/mol. The molecule has 0 aliphatic heterocycles. The largest absolute Gasteiger partial charge is 0.309 e. The van der Waals surface area contributed by atoms with Crippen molar-refractivity contribution in [2.24, 2.45) is 0 Å². The summed E-state index contributed by atoms with van der Waals surface area (Å²) in [5.74, 6) is 0. The Labute approximate surface area is 288 Å². The van der Waals surface area contributed by atoms with Gasteiger partial charge in [0.2, 0.25) is 0 Å². The first-order valence-corrected chi connectivity index (χ1v) is 16.0. The summed E-state index contributed by atoms with van der Waals surface area (Å²) in [5.41, 5.74) is 6.84. The summed E-state index contributed by atoms with van der Waals surface area (Å²) in [4.78, 5) is 0. The van der Waals surface area contributed by atoms with E-state index in [2.05, 4.69) is 41.0 Å². The number of hydrogen-bond acceptors (Lipinski definition) is 0. The summed E-state index contributed by atoms with van der Waals surface area (Å²) in [5, 5.41) is 4.18. The molecule has 2 aromatic heterocycles. The molecule has 0 amide bonds. The SMILES string of the molecule is [2H]c1c([2H])c([2H])c2c(c1[2H])c1c([2H])c(-c3ccc4c(c3)c3cccc(-c5ccccc5)c3n4-c3ccccc3)c([2H])c([2H])c1n2-c1ccc2ccccc2c1. The van der Waals surface area contributed by atoms with Gasteiger partial charge in [0.25, 0.3) is 0 Å². The first kappa shape index (κ1) is 20.7. The molecule has 2 nitrogen and oxygen atoms in total. The molecule has 0 saturated heterocycles. The van der Waals surface area contributed by atoms with Gasteiger partial charge in [0.15, 0.2) is 0 Å². The van der Waals surface area contributed by atoms with Crippen LogP contribution in [-0.4, -0.2) is 9.13 Å². The summed E-state index contributed by atoms with van der Waals surface area (Å²) in [6.07, 6.45) is 0. The third-order valence-electron chi connectivity index (χ3n) is 9.32. The molecule has 0 fully saturated rings. The summed E-state index contributed by atoms with van der Waals surface area (Å²) < 4.78 is 68.0. The Morgan fingerprint density at radius 3 is 2.04 bits per heavy atom. The van der Waals surface area contributed by atoms with E-state index in [-0.39, 0.29) is 57.6 Å². The minimum absolute atomic E-state index is 0.0679. The Bertz CT molecular complexity index is 3220. The molecule has 0 bridgehead atoms. The maximum absolute atomic E-state index is 9.78. The zero-order valence-corrected chi connectivity index (χ0v) is 25.7. The average molecular weight is 618 g/mol. The van der Waals surface area contributed by atoms with E-state index in [0.29, 0.717) is 11.3 Å². The minimum atomic E-state index is -0.415. The summed E-state index contributed by atoms with van der Waals surface area (Å²) in [6.45, 7) is 0. The average Bonchev–Trinajstić information content (AvgIpc) is 3.76. The number of para-hydroxylation sites is 3. The quantitative estimate of drug-likeness (QED) is 0.186.